The average molecular weight is 449 g/mol. The van der Waals surface area contributed by atoms with Crippen LogP contribution in [0.5, 0.6) is 5.75 Å². The number of ether oxygens (including phenoxy) is 1. The highest BCUT2D eigenvalue weighted by Crippen LogP contribution is 2.46. The Labute approximate surface area is 190 Å². The first kappa shape index (κ1) is 21.5. The van der Waals surface area contributed by atoms with Gasteiger partial charge in [-0.2, -0.15) is 5.26 Å². The van der Waals surface area contributed by atoms with Gasteiger partial charge in [-0.05, 0) is 43.2 Å². The number of halogens is 1. The molecule has 162 valence electrons. The van der Waals surface area contributed by atoms with E-state index in [1.807, 2.05) is 18.2 Å². The summed E-state index contributed by atoms with van der Waals surface area (Å²) >= 11 is 5.91. The summed E-state index contributed by atoms with van der Waals surface area (Å²) in [5.74, 6) is -0.528. The molecule has 0 radical (unpaired) electrons. The number of nitriles is 1. The molecule has 0 spiro atoms. The van der Waals surface area contributed by atoms with Crippen LogP contribution in [0.3, 0.4) is 0 Å². The third-order valence-corrected chi connectivity index (χ3v) is 5.93. The lowest BCUT2D eigenvalue weighted by molar-refractivity contribution is -0.116. The van der Waals surface area contributed by atoms with E-state index < -0.39 is 11.8 Å². The molecule has 0 saturated heterocycles. The smallest absolute Gasteiger partial charge is 0.270 e. The zero-order chi connectivity index (χ0) is 22.8. The van der Waals surface area contributed by atoms with Gasteiger partial charge in [-0.3, -0.25) is 15.0 Å². The van der Waals surface area contributed by atoms with Crippen LogP contribution in [0.15, 0.2) is 71.2 Å². The van der Waals surface area contributed by atoms with Crippen LogP contribution >= 0.6 is 11.6 Å². The van der Waals surface area contributed by atoms with E-state index in [1.54, 1.807) is 30.3 Å². The molecule has 0 aromatic heterocycles. The molecule has 4 rings (SSSR count). The number of Topliss-reactive ketones (excluding diaryl/α,β-unsaturated/α-hetero) is 1. The predicted molar refractivity (Wildman–Crippen MR) is 119 cm³/mol. The highest BCUT2D eigenvalue weighted by atomic mass is 35.5. The van der Waals surface area contributed by atoms with E-state index in [2.05, 4.69) is 11.5 Å². The molecule has 1 amide bonds. The van der Waals surface area contributed by atoms with Crippen LogP contribution in [-0.4, -0.2) is 23.8 Å². The van der Waals surface area contributed by atoms with Crippen LogP contribution in [0.4, 0.5) is 0 Å². The number of carbonyl (C=O) groups excluding carboxylic acids is 2. The second kappa shape index (κ2) is 8.77. The molecule has 0 bridgehead atoms. The molecular weight excluding hydrogens is 428 g/mol. The number of nitrogens with zero attached hydrogens (tertiary/aromatic N) is 2. The van der Waals surface area contributed by atoms with Crippen molar-refractivity contribution in [3.63, 3.8) is 0 Å². The molecule has 1 heterocycles. The number of hydrogen-bond donors (Lipinski definition) is 2. The number of rotatable bonds is 4. The number of allylic oxidation sites excluding steroid dienone is 3. The molecule has 2 aromatic rings. The Morgan fingerprint density at radius 1 is 1.22 bits per heavy atom. The predicted octanol–water partition coefficient (Wildman–Crippen LogP) is 3.79. The van der Waals surface area contributed by atoms with Gasteiger partial charge in [0.05, 0.1) is 24.7 Å². The maximum atomic E-state index is 13.1. The second-order valence-electron chi connectivity index (χ2n) is 7.51. The molecule has 0 fully saturated rings. The maximum Gasteiger partial charge on any atom is 0.270 e. The van der Waals surface area contributed by atoms with E-state index in [0.29, 0.717) is 52.4 Å². The number of methoxy groups -OCH3 is 1. The summed E-state index contributed by atoms with van der Waals surface area (Å²) < 4.78 is 5.50. The Balaban J connectivity index is 1.83. The largest absolute Gasteiger partial charge is 0.496 e. The third-order valence-electron chi connectivity index (χ3n) is 5.68. The van der Waals surface area contributed by atoms with Gasteiger partial charge in [0, 0.05) is 33.8 Å². The summed E-state index contributed by atoms with van der Waals surface area (Å²) in [7, 11) is 1.54. The fourth-order valence-electron chi connectivity index (χ4n) is 4.20. The second-order valence-corrected chi connectivity index (χ2v) is 7.94. The van der Waals surface area contributed by atoms with Crippen molar-refractivity contribution in [1.82, 2.24) is 10.4 Å². The molecule has 8 heteroatoms. The first-order chi connectivity index (χ1) is 15.5. The van der Waals surface area contributed by atoms with E-state index in [9.17, 15) is 14.9 Å². The first-order valence-corrected chi connectivity index (χ1v) is 10.5. The number of nitrogens with one attached hydrogen (secondary N) is 1. The van der Waals surface area contributed by atoms with Crippen LogP contribution in [0, 0.1) is 11.3 Å². The van der Waals surface area contributed by atoms with E-state index >= 15 is 0 Å². The van der Waals surface area contributed by atoms with Gasteiger partial charge in [0.1, 0.15) is 11.6 Å². The van der Waals surface area contributed by atoms with Crippen molar-refractivity contribution in [1.29, 1.82) is 5.26 Å². The van der Waals surface area contributed by atoms with Crippen molar-refractivity contribution in [3.05, 3.63) is 87.3 Å². The zero-order valence-corrected chi connectivity index (χ0v) is 18.1. The van der Waals surface area contributed by atoms with Gasteiger partial charge in [-0.25, -0.2) is 5.01 Å². The summed E-state index contributed by atoms with van der Waals surface area (Å²) in [6, 6.07) is 15.8. The van der Waals surface area contributed by atoms with Crippen molar-refractivity contribution in [3.8, 4) is 11.8 Å². The fourth-order valence-corrected chi connectivity index (χ4v) is 4.32. The lowest BCUT2D eigenvalue weighted by Gasteiger charge is -2.39. The van der Waals surface area contributed by atoms with Crippen LogP contribution in [0.25, 0.3) is 0 Å². The average Bonchev–Trinajstić information content (AvgIpc) is 2.81. The number of hydrogen-bond acceptors (Lipinski definition) is 6. The van der Waals surface area contributed by atoms with E-state index in [1.165, 1.54) is 12.1 Å². The van der Waals surface area contributed by atoms with Gasteiger partial charge in [0.25, 0.3) is 5.91 Å². The molecule has 32 heavy (non-hydrogen) atoms. The molecule has 2 aromatic carbocycles. The Morgan fingerprint density at radius 2 is 1.94 bits per heavy atom. The Hall–Kier alpha value is -3.76. The number of amides is 1. The van der Waals surface area contributed by atoms with Crippen LogP contribution < -0.4 is 15.9 Å². The van der Waals surface area contributed by atoms with Crippen molar-refractivity contribution >= 4 is 23.3 Å². The Morgan fingerprint density at radius 3 is 2.62 bits per heavy atom. The molecule has 1 aliphatic carbocycles. The van der Waals surface area contributed by atoms with E-state index in [-0.39, 0.29) is 17.2 Å². The summed E-state index contributed by atoms with van der Waals surface area (Å²) in [6.07, 6.45) is 1.52. The number of hydrazine groups is 1. The standard InChI is InChI=1S/C24H21ClN4O3/c1-32-20-8-3-2-5-16(20)21-17(13-26)23(27)29(18-6-4-7-19(30)22(18)21)28-24(31)14-9-11-15(25)12-10-14/h2-3,5,8-12,21H,4,6-7,27H2,1H3,(H,28,31). The summed E-state index contributed by atoms with van der Waals surface area (Å²) in [4.78, 5) is 26.0. The van der Waals surface area contributed by atoms with E-state index in [4.69, 9.17) is 22.1 Å². The Kier molecular flexibility index (Phi) is 5.89. The maximum absolute atomic E-state index is 13.1. The molecule has 1 aliphatic heterocycles. The van der Waals surface area contributed by atoms with Gasteiger partial charge in [-0.1, -0.05) is 29.8 Å². The fraction of sp³-hybridized carbons (Fsp3) is 0.208. The molecule has 3 N–H and O–H groups in total. The number of nitrogens with two attached hydrogens (primary N) is 1. The molecule has 0 saturated carbocycles. The monoisotopic (exact) mass is 448 g/mol. The van der Waals surface area contributed by atoms with Gasteiger partial charge >= 0.3 is 0 Å². The van der Waals surface area contributed by atoms with Crippen molar-refractivity contribution < 1.29 is 14.3 Å². The number of benzene rings is 2. The zero-order valence-electron chi connectivity index (χ0n) is 17.4. The highest BCUT2D eigenvalue weighted by molar-refractivity contribution is 6.30. The molecule has 7 nitrogen and oxygen atoms in total. The van der Waals surface area contributed by atoms with Crippen molar-refractivity contribution in [2.75, 3.05) is 7.11 Å². The minimum absolute atomic E-state index is 0.0758. The minimum atomic E-state index is -0.664. The quantitative estimate of drug-likeness (QED) is 0.736. The van der Waals surface area contributed by atoms with Gasteiger partial charge < -0.3 is 10.5 Å². The number of para-hydroxylation sites is 1. The van der Waals surface area contributed by atoms with Gasteiger partial charge in [0.2, 0.25) is 0 Å². The summed E-state index contributed by atoms with van der Waals surface area (Å²) in [5.41, 5.74) is 11.5. The molecule has 2 aliphatic rings. The normalized spacial score (nSPS) is 18.2. The lowest BCUT2D eigenvalue weighted by atomic mass is 9.76. The van der Waals surface area contributed by atoms with Crippen LogP contribution in [0.1, 0.15) is 41.1 Å². The molecule has 1 unspecified atom stereocenters. The third kappa shape index (κ3) is 3.70. The minimum Gasteiger partial charge on any atom is -0.496 e. The van der Waals surface area contributed by atoms with Gasteiger partial charge in [0.15, 0.2) is 5.78 Å². The SMILES string of the molecule is COc1ccccc1C1C(C#N)=C(N)N(NC(=O)c2ccc(Cl)cc2)C2=C1C(=O)CCC2. The number of ketones is 1. The molecular formula is C24H21ClN4O3. The van der Waals surface area contributed by atoms with E-state index in [0.717, 1.165) is 0 Å². The topological polar surface area (TPSA) is 108 Å². The number of carbonyl (C=O) groups is 2. The van der Waals surface area contributed by atoms with Crippen LogP contribution in [-0.2, 0) is 4.79 Å². The van der Waals surface area contributed by atoms with Gasteiger partial charge in [-0.15, -0.1) is 0 Å². The summed E-state index contributed by atoms with van der Waals surface area (Å²) in [6.45, 7) is 0. The lowest BCUT2D eigenvalue weighted by Crippen LogP contribution is -2.48. The summed E-state index contributed by atoms with van der Waals surface area (Å²) in [5, 5.41) is 11.9. The highest BCUT2D eigenvalue weighted by Gasteiger charge is 2.41. The van der Waals surface area contributed by atoms with Crippen molar-refractivity contribution in [2.45, 2.75) is 25.2 Å². The van der Waals surface area contributed by atoms with Crippen molar-refractivity contribution in [2.24, 2.45) is 5.73 Å². The molecule has 1 atom stereocenters. The van der Waals surface area contributed by atoms with Crippen LogP contribution in [0.2, 0.25) is 5.02 Å². The first-order valence-electron chi connectivity index (χ1n) is 10.1. The Bertz CT molecular complexity index is 1190.